The summed E-state index contributed by atoms with van der Waals surface area (Å²) in [6.07, 6.45) is 1.33. The summed E-state index contributed by atoms with van der Waals surface area (Å²) in [6.45, 7) is 1.74. The lowest BCUT2D eigenvalue weighted by atomic mass is 10.2. The van der Waals surface area contributed by atoms with Crippen molar-refractivity contribution < 1.29 is 13.5 Å². The molecule has 100 valence electrons. The highest BCUT2D eigenvalue weighted by Gasteiger charge is 2.31. The number of anilines is 1. The zero-order valence-corrected chi connectivity index (χ0v) is 11.1. The van der Waals surface area contributed by atoms with Crippen molar-refractivity contribution in [2.24, 2.45) is 5.92 Å². The summed E-state index contributed by atoms with van der Waals surface area (Å²) in [5, 5.41) is 9.68. The molecule has 1 saturated carbocycles. The summed E-state index contributed by atoms with van der Waals surface area (Å²) < 4.78 is 26.7. The van der Waals surface area contributed by atoms with Crippen molar-refractivity contribution >= 4 is 15.7 Å². The zero-order chi connectivity index (χ0) is 13.3. The molecule has 0 spiro atoms. The first-order valence-corrected chi connectivity index (χ1v) is 7.43. The van der Waals surface area contributed by atoms with Gasteiger partial charge in [0, 0.05) is 6.54 Å². The van der Waals surface area contributed by atoms with Crippen LogP contribution in [0.5, 0.6) is 0 Å². The van der Waals surface area contributed by atoms with Crippen LogP contribution in [0.4, 0.5) is 5.69 Å². The van der Waals surface area contributed by atoms with Crippen molar-refractivity contribution in [2.75, 3.05) is 12.3 Å². The molecule has 0 amide bonds. The number of benzene rings is 1. The zero-order valence-electron chi connectivity index (χ0n) is 10.3. The van der Waals surface area contributed by atoms with E-state index in [2.05, 4.69) is 4.72 Å². The fourth-order valence-electron chi connectivity index (χ4n) is 1.96. The smallest absolute Gasteiger partial charge is 0.242 e. The second-order valence-corrected chi connectivity index (χ2v) is 6.45. The van der Waals surface area contributed by atoms with Crippen LogP contribution in [0.15, 0.2) is 23.1 Å². The number of aliphatic hydroxyl groups is 1. The molecule has 1 aliphatic carbocycles. The topological polar surface area (TPSA) is 92.4 Å². The van der Waals surface area contributed by atoms with E-state index in [4.69, 9.17) is 5.73 Å². The Labute approximate surface area is 107 Å². The van der Waals surface area contributed by atoms with Crippen LogP contribution in [-0.2, 0) is 10.0 Å². The van der Waals surface area contributed by atoms with Crippen molar-refractivity contribution in [3.8, 4) is 0 Å². The number of aryl methyl sites for hydroxylation is 1. The maximum atomic E-state index is 12.1. The van der Waals surface area contributed by atoms with Crippen molar-refractivity contribution in [1.82, 2.24) is 4.72 Å². The third kappa shape index (κ3) is 2.82. The van der Waals surface area contributed by atoms with Crippen molar-refractivity contribution in [3.63, 3.8) is 0 Å². The fraction of sp³-hybridized carbons (Fsp3) is 0.500. The Balaban J connectivity index is 2.14. The van der Waals surface area contributed by atoms with E-state index in [1.54, 1.807) is 25.1 Å². The van der Waals surface area contributed by atoms with Gasteiger partial charge < -0.3 is 10.8 Å². The molecule has 0 radical (unpaired) electrons. The van der Waals surface area contributed by atoms with Gasteiger partial charge in [0.05, 0.1) is 11.8 Å². The van der Waals surface area contributed by atoms with E-state index in [0.717, 1.165) is 12.8 Å². The summed E-state index contributed by atoms with van der Waals surface area (Å²) in [5.74, 6) is 0.238. The van der Waals surface area contributed by atoms with Gasteiger partial charge in [-0.05, 0) is 37.3 Å². The minimum absolute atomic E-state index is 0.0424. The molecule has 0 heterocycles. The monoisotopic (exact) mass is 270 g/mol. The van der Waals surface area contributed by atoms with Crippen LogP contribution in [0, 0.1) is 12.8 Å². The number of hydrogen-bond acceptors (Lipinski definition) is 4. The lowest BCUT2D eigenvalue weighted by Crippen LogP contribution is -2.33. The molecule has 1 aromatic rings. The average molecular weight is 270 g/mol. The maximum absolute atomic E-state index is 12.1. The van der Waals surface area contributed by atoms with E-state index in [0.29, 0.717) is 5.56 Å². The Kier molecular flexibility index (Phi) is 3.61. The third-order valence-corrected chi connectivity index (χ3v) is 4.80. The van der Waals surface area contributed by atoms with Crippen molar-refractivity contribution in [3.05, 3.63) is 23.8 Å². The normalized spacial score (nSPS) is 17.7. The molecule has 1 atom stereocenters. The van der Waals surface area contributed by atoms with Crippen LogP contribution < -0.4 is 10.5 Å². The quantitative estimate of drug-likeness (QED) is 0.684. The van der Waals surface area contributed by atoms with Gasteiger partial charge in [0.1, 0.15) is 4.90 Å². The number of nitrogens with one attached hydrogen (secondary N) is 1. The molecule has 0 saturated heterocycles. The fourth-order valence-corrected chi connectivity index (χ4v) is 3.36. The molecule has 2 rings (SSSR count). The molecule has 1 fully saturated rings. The number of nitrogen functional groups attached to an aromatic ring is 1. The summed E-state index contributed by atoms with van der Waals surface area (Å²) in [7, 11) is -3.66. The molecular formula is C12H18N2O3S. The van der Waals surface area contributed by atoms with Gasteiger partial charge in [-0.25, -0.2) is 13.1 Å². The van der Waals surface area contributed by atoms with Crippen LogP contribution >= 0.6 is 0 Å². The molecule has 1 aromatic carbocycles. The first kappa shape index (κ1) is 13.3. The number of hydrogen-bond donors (Lipinski definition) is 3. The second kappa shape index (κ2) is 4.87. The summed E-state index contributed by atoms with van der Waals surface area (Å²) in [5.41, 5.74) is 6.53. The minimum Gasteiger partial charge on any atom is -0.398 e. The van der Waals surface area contributed by atoms with E-state index in [-0.39, 0.29) is 23.0 Å². The number of nitrogens with two attached hydrogens (primary N) is 1. The average Bonchev–Trinajstić information content (AvgIpc) is 3.09. The van der Waals surface area contributed by atoms with Crippen LogP contribution in [0.3, 0.4) is 0 Å². The van der Waals surface area contributed by atoms with E-state index in [1.165, 1.54) is 0 Å². The Morgan fingerprint density at radius 2 is 2.17 bits per heavy atom. The van der Waals surface area contributed by atoms with Crippen LogP contribution in [0.1, 0.15) is 18.4 Å². The van der Waals surface area contributed by atoms with E-state index in [9.17, 15) is 13.5 Å². The molecule has 0 aromatic heterocycles. The predicted molar refractivity (Wildman–Crippen MR) is 69.5 cm³/mol. The van der Waals surface area contributed by atoms with Crippen molar-refractivity contribution in [1.29, 1.82) is 0 Å². The van der Waals surface area contributed by atoms with Gasteiger partial charge in [-0.15, -0.1) is 0 Å². The largest absolute Gasteiger partial charge is 0.398 e. The number of aliphatic hydroxyl groups excluding tert-OH is 1. The highest BCUT2D eigenvalue weighted by Crippen LogP contribution is 2.32. The first-order valence-electron chi connectivity index (χ1n) is 5.94. The molecule has 4 N–H and O–H groups in total. The third-order valence-electron chi connectivity index (χ3n) is 3.16. The summed E-state index contributed by atoms with van der Waals surface area (Å²) in [4.78, 5) is 0.105. The van der Waals surface area contributed by atoms with Gasteiger partial charge in [0.15, 0.2) is 0 Å². The number of sulfonamides is 1. The van der Waals surface area contributed by atoms with Gasteiger partial charge in [0.2, 0.25) is 10.0 Å². The lowest BCUT2D eigenvalue weighted by Gasteiger charge is -2.14. The Morgan fingerprint density at radius 3 is 2.72 bits per heavy atom. The SMILES string of the molecule is Cc1cccc(N)c1S(=O)(=O)NCC(O)C1CC1. The minimum atomic E-state index is -3.66. The van der Waals surface area contributed by atoms with Gasteiger partial charge >= 0.3 is 0 Å². The number of rotatable bonds is 5. The first-order chi connectivity index (χ1) is 8.42. The van der Waals surface area contributed by atoms with Gasteiger partial charge in [0.25, 0.3) is 0 Å². The molecule has 6 heteroatoms. The van der Waals surface area contributed by atoms with Gasteiger partial charge in [-0.3, -0.25) is 0 Å². The molecule has 1 aliphatic rings. The second-order valence-electron chi connectivity index (χ2n) is 4.75. The van der Waals surface area contributed by atoms with E-state index in [1.807, 2.05) is 0 Å². The Morgan fingerprint density at radius 1 is 1.50 bits per heavy atom. The van der Waals surface area contributed by atoms with Crippen LogP contribution in [0.25, 0.3) is 0 Å². The standard InChI is InChI=1S/C12H18N2O3S/c1-8-3-2-4-10(13)12(8)18(16,17)14-7-11(15)9-5-6-9/h2-4,9,11,14-15H,5-7,13H2,1H3. The summed E-state index contributed by atoms with van der Waals surface area (Å²) >= 11 is 0. The predicted octanol–water partition coefficient (Wildman–Crippen LogP) is 0.626. The molecule has 1 unspecified atom stereocenters. The van der Waals surface area contributed by atoms with Crippen LogP contribution in [-0.4, -0.2) is 26.2 Å². The highest BCUT2D eigenvalue weighted by atomic mass is 32.2. The Hall–Kier alpha value is -1.11. The van der Waals surface area contributed by atoms with Crippen molar-refractivity contribution in [2.45, 2.75) is 30.8 Å². The van der Waals surface area contributed by atoms with Gasteiger partial charge in [-0.1, -0.05) is 12.1 Å². The molecule has 0 aliphatic heterocycles. The van der Waals surface area contributed by atoms with Gasteiger partial charge in [-0.2, -0.15) is 0 Å². The van der Waals surface area contributed by atoms with E-state index >= 15 is 0 Å². The Bertz CT molecular complexity index is 518. The van der Waals surface area contributed by atoms with E-state index < -0.39 is 16.1 Å². The molecule has 5 nitrogen and oxygen atoms in total. The van der Waals surface area contributed by atoms with Crippen LogP contribution in [0.2, 0.25) is 0 Å². The molecular weight excluding hydrogens is 252 g/mol. The molecule has 0 bridgehead atoms. The lowest BCUT2D eigenvalue weighted by molar-refractivity contribution is 0.155. The molecule has 18 heavy (non-hydrogen) atoms. The highest BCUT2D eigenvalue weighted by molar-refractivity contribution is 7.89. The summed E-state index contributed by atoms with van der Waals surface area (Å²) in [6, 6.07) is 4.96. The maximum Gasteiger partial charge on any atom is 0.242 e.